The van der Waals surface area contributed by atoms with Gasteiger partial charge in [-0.15, -0.1) is 0 Å². The van der Waals surface area contributed by atoms with Crippen molar-refractivity contribution >= 4 is 5.97 Å². The van der Waals surface area contributed by atoms with Gasteiger partial charge in [-0.05, 0) is 27.7 Å². The zero-order valence-electron chi connectivity index (χ0n) is 13.8. The van der Waals surface area contributed by atoms with Crippen LogP contribution in [-0.4, -0.2) is 64.4 Å². The van der Waals surface area contributed by atoms with Gasteiger partial charge in [0.1, 0.15) is 0 Å². The van der Waals surface area contributed by atoms with Crippen molar-refractivity contribution in [3.05, 3.63) is 0 Å². The molecule has 0 spiro atoms. The summed E-state index contributed by atoms with van der Waals surface area (Å²) in [7, 11) is 0. The van der Waals surface area contributed by atoms with Gasteiger partial charge in [0.15, 0.2) is 0 Å². The van der Waals surface area contributed by atoms with Crippen molar-refractivity contribution < 1.29 is 28.5 Å². The molecule has 126 valence electrons. The molecule has 6 nitrogen and oxygen atoms in total. The fraction of sp³-hybridized carbons (Fsp3) is 0.933. The molecule has 6 heteroatoms. The average molecular weight is 306 g/mol. The summed E-state index contributed by atoms with van der Waals surface area (Å²) in [5, 5.41) is 0. The van der Waals surface area contributed by atoms with Gasteiger partial charge in [-0.25, -0.2) is 0 Å². The minimum Gasteiger partial charge on any atom is -0.463 e. The van der Waals surface area contributed by atoms with Gasteiger partial charge in [-0.1, -0.05) is 0 Å². The zero-order chi connectivity index (χ0) is 15.9. The van der Waals surface area contributed by atoms with E-state index in [1.165, 1.54) is 0 Å². The second-order valence-electron chi connectivity index (χ2n) is 5.05. The molecule has 0 amide bonds. The van der Waals surface area contributed by atoms with Crippen LogP contribution < -0.4 is 0 Å². The summed E-state index contributed by atoms with van der Waals surface area (Å²) in [4.78, 5) is 11.2. The predicted molar refractivity (Wildman–Crippen MR) is 79.4 cm³/mol. The molecule has 0 saturated carbocycles. The van der Waals surface area contributed by atoms with Gasteiger partial charge >= 0.3 is 5.97 Å². The second-order valence-corrected chi connectivity index (χ2v) is 5.05. The minimum atomic E-state index is -0.233. The van der Waals surface area contributed by atoms with Crippen molar-refractivity contribution in [3.8, 4) is 0 Å². The quantitative estimate of drug-likeness (QED) is 0.360. The van der Waals surface area contributed by atoms with E-state index in [0.29, 0.717) is 46.2 Å². The summed E-state index contributed by atoms with van der Waals surface area (Å²) in [6.07, 6.45) is 0.434. The van der Waals surface area contributed by atoms with Gasteiger partial charge in [0, 0.05) is 0 Å². The molecule has 0 atom stereocenters. The Morgan fingerprint density at radius 1 is 0.714 bits per heavy atom. The molecule has 0 unspecified atom stereocenters. The summed E-state index contributed by atoms with van der Waals surface area (Å²) in [5.74, 6) is -0.233. The highest BCUT2D eigenvalue weighted by Gasteiger charge is 2.04. The van der Waals surface area contributed by atoms with Gasteiger partial charge in [-0.2, -0.15) is 0 Å². The Balaban J connectivity index is 3.11. The normalized spacial score (nSPS) is 11.3. The zero-order valence-corrected chi connectivity index (χ0v) is 13.8. The van der Waals surface area contributed by atoms with Gasteiger partial charge in [0.2, 0.25) is 0 Å². The maximum absolute atomic E-state index is 11.2. The van der Waals surface area contributed by atoms with Gasteiger partial charge in [0.05, 0.1) is 64.9 Å². The standard InChI is InChI=1S/C15H30O6/c1-13(2)20-12-11-19-10-9-18-8-7-17-6-5-15(16)21-14(3)4/h13-14H,5-12H2,1-4H3. The average Bonchev–Trinajstić information content (AvgIpc) is 2.38. The number of carbonyl (C=O) groups excluding carboxylic acids is 1. The van der Waals surface area contributed by atoms with Crippen LogP contribution in [0, 0.1) is 0 Å². The Morgan fingerprint density at radius 3 is 1.67 bits per heavy atom. The van der Waals surface area contributed by atoms with Crippen molar-refractivity contribution in [2.75, 3.05) is 46.2 Å². The van der Waals surface area contributed by atoms with Crippen LogP contribution >= 0.6 is 0 Å². The van der Waals surface area contributed by atoms with Crippen molar-refractivity contribution in [1.82, 2.24) is 0 Å². The monoisotopic (exact) mass is 306 g/mol. The number of hydrogen-bond donors (Lipinski definition) is 0. The first-order chi connectivity index (χ1) is 10.0. The van der Waals surface area contributed by atoms with Crippen LogP contribution in [0.15, 0.2) is 0 Å². The van der Waals surface area contributed by atoms with E-state index in [4.69, 9.17) is 23.7 Å². The third-order valence-electron chi connectivity index (χ3n) is 2.24. The van der Waals surface area contributed by atoms with Crippen LogP contribution in [-0.2, 0) is 28.5 Å². The Kier molecular flexibility index (Phi) is 13.8. The highest BCUT2D eigenvalue weighted by atomic mass is 16.6. The van der Waals surface area contributed by atoms with E-state index in [2.05, 4.69) is 0 Å². The molecule has 0 radical (unpaired) electrons. The molecule has 0 bridgehead atoms. The van der Waals surface area contributed by atoms with Crippen LogP contribution in [0.1, 0.15) is 34.1 Å². The first kappa shape index (κ1) is 20.3. The Labute approximate surface area is 128 Å². The number of esters is 1. The maximum Gasteiger partial charge on any atom is 0.308 e. The number of ether oxygens (including phenoxy) is 5. The van der Waals surface area contributed by atoms with Crippen LogP contribution in [0.3, 0.4) is 0 Å². The lowest BCUT2D eigenvalue weighted by Crippen LogP contribution is -2.15. The van der Waals surface area contributed by atoms with E-state index in [0.717, 1.165) is 0 Å². The van der Waals surface area contributed by atoms with Crippen LogP contribution in [0.2, 0.25) is 0 Å². The second kappa shape index (κ2) is 14.3. The smallest absolute Gasteiger partial charge is 0.308 e. The van der Waals surface area contributed by atoms with Crippen molar-refractivity contribution in [2.24, 2.45) is 0 Å². The fourth-order valence-electron chi connectivity index (χ4n) is 1.36. The molecule has 0 aliphatic heterocycles. The molecule has 0 aliphatic carbocycles. The first-order valence-electron chi connectivity index (χ1n) is 7.56. The van der Waals surface area contributed by atoms with Crippen LogP contribution in [0.4, 0.5) is 0 Å². The molecule has 0 rings (SSSR count). The van der Waals surface area contributed by atoms with E-state index in [1.807, 2.05) is 27.7 Å². The van der Waals surface area contributed by atoms with Crippen molar-refractivity contribution in [3.63, 3.8) is 0 Å². The summed E-state index contributed by atoms with van der Waals surface area (Å²) in [6.45, 7) is 11.2. The molecule has 21 heavy (non-hydrogen) atoms. The molecule has 0 heterocycles. The highest BCUT2D eigenvalue weighted by Crippen LogP contribution is 1.94. The lowest BCUT2D eigenvalue weighted by atomic mass is 10.4. The van der Waals surface area contributed by atoms with Gasteiger partial charge in [-0.3, -0.25) is 4.79 Å². The lowest BCUT2D eigenvalue weighted by molar-refractivity contribution is -0.148. The molecule has 0 aromatic rings. The highest BCUT2D eigenvalue weighted by molar-refractivity contribution is 5.69. The molecule has 0 aromatic heterocycles. The summed E-state index contributed by atoms with van der Waals surface area (Å²) in [5.41, 5.74) is 0. The summed E-state index contributed by atoms with van der Waals surface area (Å²) < 4.78 is 26.2. The third kappa shape index (κ3) is 17.3. The largest absolute Gasteiger partial charge is 0.463 e. The van der Waals surface area contributed by atoms with Gasteiger partial charge < -0.3 is 23.7 Å². The number of carbonyl (C=O) groups is 1. The fourth-order valence-corrected chi connectivity index (χ4v) is 1.36. The topological polar surface area (TPSA) is 63.2 Å². The molecule has 0 saturated heterocycles. The van der Waals surface area contributed by atoms with E-state index in [1.54, 1.807) is 0 Å². The molecular formula is C15H30O6. The molecule has 0 aromatic carbocycles. The van der Waals surface area contributed by atoms with Crippen LogP contribution in [0.25, 0.3) is 0 Å². The Hall–Kier alpha value is -0.690. The molecule has 0 aliphatic rings. The molecule has 0 fully saturated rings. The summed E-state index contributed by atoms with van der Waals surface area (Å²) >= 11 is 0. The minimum absolute atomic E-state index is 0.0771. The number of hydrogen-bond acceptors (Lipinski definition) is 6. The van der Waals surface area contributed by atoms with Crippen molar-refractivity contribution in [1.29, 1.82) is 0 Å². The SMILES string of the molecule is CC(C)OCCOCCOCCOCCC(=O)OC(C)C. The lowest BCUT2D eigenvalue weighted by Gasteiger charge is -2.09. The van der Waals surface area contributed by atoms with E-state index < -0.39 is 0 Å². The Morgan fingerprint density at radius 2 is 1.19 bits per heavy atom. The van der Waals surface area contributed by atoms with Gasteiger partial charge in [0.25, 0.3) is 0 Å². The predicted octanol–water partition coefficient (Wildman–Crippen LogP) is 1.80. The molecular weight excluding hydrogens is 276 g/mol. The summed E-state index contributed by atoms with van der Waals surface area (Å²) in [6, 6.07) is 0. The third-order valence-corrected chi connectivity index (χ3v) is 2.24. The van der Waals surface area contributed by atoms with Crippen LogP contribution in [0.5, 0.6) is 0 Å². The first-order valence-corrected chi connectivity index (χ1v) is 7.56. The van der Waals surface area contributed by atoms with E-state index >= 15 is 0 Å². The van der Waals surface area contributed by atoms with E-state index in [9.17, 15) is 4.79 Å². The maximum atomic E-state index is 11.2. The molecule has 0 N–H and O–H groups in total. The van der Waals surface area contributed by atoms with Crippen molar-refractivity contribution in [2.45, 2.75) is 46.3 Å². The number of rotatable bonds is 14. The Bertz CT molecular complexity index is 242. The van der Waals surface area contributed by atoms with E-state index in [-0.39, 0.29) is 24.6 Å².